The van der Waals surface area contributed by atoms with E-state index < -0.39 is 11.9 Å². The van der Waals surface area contributed by atoms with Crippen LogP contribution in [0, 0.1) is 0 Å². The molecule has 156 valence electrons. The highest BCUT2D eigenvalue weighted by Gasteiger charge is 2.30. The van der Waals surface area contributed by atoms with E-state index in [1.165, 1.54) is 7.05 Å². The first-order chi connectivity index (χ1) is 14.4. The van der Waals surface area contributed by atoms with Crippen LogP contribution in [0.25, 0.3) is 6.08 Å². The standard InChI is InChI=1S/C21H20BrN3O5/c1-3-29-17-10-13(9-16-20(27)25(2)21(28)24-16)15(22)11-18(17)30-12-19(26)23-14-7-5-4-6-8-14/h4-11H,3,12H2,1-2H3,(H,23,26)(H,24,28)/b16-9+. The van der Waals surface area contributed by atoms with Crippen LogP contribution in [0.1, 0.15) is 12.5 Å². The molecule has 1 aliphatic rings. The molecule has 0 atom stereocenters. The average molecular weight is 474 g/mol. The molecule has 0 aliphatic carbocycles. The van der Waals surface area contributed by atoms with E-state index in [2.05, 4.69) is 26.6 Å². The molecule has 3 rings (SSSR count). The van der Waals surface area contributed by atoms with Gasteiger partial charge in [-0.15, -0.1) is 0 Å². The maximum Gasteiger partial charge on any atom is 0.328 e. The van der Waals surface area contributed by atoms with Crippen LogP contribution < -0.4 is 20.1 Å². The molecule has 9 heteroatoms. The quantitative estimate of drug-likeness (QED) is 0.474. The van der Waals surface area contributed by atoms with Crippen molar-refractivity contribution in [2.24, 2.45) is 0 Å². The second-order valence-electron chi connectivity index (χ2n) is 6.31. The molecule has 0 radical (unpaired) electrons. The van der Waals surface area contributed by atoms with Crippen LogP contribution in [0.5, 0.6) is 11.5 Å². The maximum atomic E-state index is 12.2. The van der Waals surface area contributed by atoms with E-state index in [0.29, 0.717) is 33.8 Å². The van der Waals surface area contributed by atoms with Crippen molar-refractivity contribution in [1.82, 2.24) is 10.2 Å². The minimum absolute atomic E-state index is 0.154. The first kappa shape index (κ1) is 21.4. The molecule has 0 saturated carbocycles. The zero-order valence-electron chi connectivity index (χ0n) is 16.4. The van der Waals surface area contributed by atoms with Gasteiger partial charge in [0.2, 0.25) is 0 Å². The summed E-state index contributed by atoms with van der Waals surface area (Å²) in [5.41, 5.74) is 1.44. The van der Waals surface area contributed by atoms with Crippen molar-refractivity contribution in [2.45, 2.75) is 6.92 Å². The Labute approximate surface area is 182 Å². The van der Waals surface area contributed by atoms with Gasteiger partial charge in [-0.2, -0.15) is 0 Å². The summed E-state index contributed by atoms with van der Waals surface area (Å²) >= 11 is 3.43. The monoisotopic (exact) mass is 473 g/mol. The van der Waals surface area contributed by atoms with Crippen molar-refractivity contribution in [3.8, 4) is 11.5 Å². The molecule has 30 heavy (non-hydrogen) atoms. The number of likely N-dealkylation sites (N-methyl/N-ethyl adjacent to an activating group) is 1. The Morgan fingerprint density at radius 2 is 1.87 bits per heavy atom. The lowest BCUT2D eigenvalue weighted by Gasteiger charge is -2.14. The Morgan fingerprint density at radius 3 is 2.50 bits per heavy atom. The van der Waals surface area contributed by atoms with Gasteiger partial charge in [-0.3, -0.25) is 14.5 Å². The fraction of sp³-hybridized carbons (Fsp3) is 0.190. The van der Waals surface area contributed by atoms with Gasteiger partial charge < -0.3 is 20.1 Å². The summed E-state index contributed by atoms with van der Waals surface area (Å²) in [5.74, 6) is 0.0363. The summed E-state index contributed by atoms with van der Waals surface area (Å²) in [6.45, 7) is 1.99. The predicted molar refractivity (Wildman–Crippen MR) is 115 cm³/mol. The number of carbonyl (C=O) groups excluding carboxylic acids is 3. The molecule has 2 aromatic rings. The number of ether oxygens (including phenoxy) is 2. The number of anilines is 1. The fourth-order valence-electron chi connectivity index (χ4n) is 2.68. The Kier molecular flexibility index (Phi) is 6.73. The molecule has 2 aromatic carbocycles. The zero-order valence-corrected chi connectivity index (χ0v) is 18.0. The molecule has 8 nitrogen and oxygen atoms in total. The van der Waals surface area contributed by atoms with Crippen molar-refractivity contribution in [3.63, 3.8) is 0 Å². The normalized spacial score (nSPS) is 14.6. The third-order valence-electron chi connectivity index (χ3n) is 4.16. The van der Waals surface area contributed by atoms with Crippen molar-refractivity contribution in [2.75, 3.05) is 25.6 Å². The topological polar surface area (TPSA) is 97.0 Å². The Hall–Kier alpha value is -3.33. The lowest BCUT2D eigenvalue weighted by Crippen LogP contribution is -2.25. The van der Waals surface area contributed by atoms with E-state index >= 15 is 0 Å². The minimum Gasteiger partial charge on any atom is -0.490 e. The molecule has 1 aliphatic heterocycles. The van der Waals surface area contributed by atoms with Crippen molar-refractivity contribution in [3.05, 3.63) is 58.2 Å². The molecule has 1 saturated heterocycles. The van der Waals surface area contributed by atoms with E-state index in [1.807, 2.05) is 25.1 Å². The summed E-state index contributed by atoms with van der Waals surface area (Å²) in [5, 5.41) is 5.25. The van der Waals surface area contributed by atoms with Gasteiger partial charge in [0.05, 0.1) is 6.61 Å². The number of rotatable bonds is 7. The number of carbonyl (C=O) groups is 3. The van der Waals surface area contributed by atoms with Crippen molar-refractivity contribution in [1.29, 1.82) is 0 Å². The van der Waals surface area contributed by atoms with Crippen LogP contribution in [-0.4, -0.2) is 43.0 Å². The molecule has 1 fully saturated rings. The van der Waals surface area contributed by atoms with Crippen LogP contribution in [0.3, 0.4) is 0 Å². The third-order valence-corrected chi connectivity index (χ3v) is 4.85. The second kappa shape index (κ2) is 9.45. The van der Waals surface area contributed by atoms with Crippen molar-refractivity contribution >= 4 is 45.5 Å². The van der Waals surface area contributed by atoms with Crippen LogP contribution >= 0.6 is 15.9 Å². The maximum absolute atomic E-state index is 12.2. The Balaban J connectivity index is 1.77. The molecule has 2 N–H and O–H groups in total. The molecule has 0 unspecified atom stereocenters. The van der Waals surface area contributed by atoms with Gasteiger partial charge in [0.25, 0.3) is 11.8 Å². The summed E-state index contributed by atoms with van der Waals surface area (Å²) in [4.78, 5) is 36.9. The zero-order chi connectivity index (χ0) is 21.7. The predicted octanol–water partition coefficient (Wildman–Crippen LogP) is 3.39. The van der Waals surface area contributed by atoms with E-state index in [9.17, 15) is 14.4 Å². The SMILES string of the molecule is CCOc1cc(/C=C2/NC(=O)N(C)C2=O)c(Br)cc1OCC(=O)Nc1ccccc1. The van der Waals surface area contributed by atoms with Gasteiger partial charge in [0, 0.05) is 17.2 Å². The number of hydrogen-bond donors (Lipinski definition) is 2. The van der Waals surface area contributed by atoms with Crippen LogP contribution in [0.15, 0.2) is 52.6 Å². The number of nitrogens with zero attached hydrogens (tertiary/aromatic N) is 1. The number of urea groups is 1. The molecule has 0 bridgehead atoms. The summed E-state index contributed by atoms with van der Waals surface area (Å²) in [6, 6.07) is 11.9. The number of benzene rings is 2. The van der Waals surface area contributed by atoms with Gasteiger partial charge >= 0.3 is 6.03 Å². The summed E-state index contributed by atoms with van der Waals surface area (Å²) < 4.78 is 11.9. The largest absolute Gasteiger partial charge is 0.490 e. The van der Waals surface area contributed by atoms with E-state index in [0.717, 1.165) is 4.90 Å². The third kappa shape index (κ3) is 4.98. The van der Waals surface area contributed by atoms with Crippen LogP contribution in [0.4, 0.5) is 10.5 Å². The lowest BCUT2D eigenvalue weighted by molar-refractivity contribution is -0.122. The number of imide groups is 1. The van der Waals surface area contributed by atoms with Gasteiger partial charge in [0.1, 0.15) is 5.70 Å². The van der Waals surface area contributed by atoms with Gasteiger partial charge in [-0.25, -0.2) is 4.79 Å². The van der Waals surface area contributed by atoms with Crippen LogP contribution in [-0.2, 0) is 9.59 Å². The highest BCUT2D eigenvalue weighted by Crippen LogP contribution is 2.35. The first-order valence-corrected chi connectivity index (χ1v) is 9.93. The summed E-state index contributed by atoms with van der Waals surface area (Å²) in [7, 11) is 1.40. The van der Waals surface area contributed by atoms with Gasteiger partial charge in [0.15, 0.2) is 18.1 Å². The minimum atomic E-state index is -0.489. The van der Waals surface area contributed by atoms with E-state index in [-0.39, 0.29) is 18.2 Å². The number of nitrogens with one attached hydrogen (secondary N) is 2. The molecule has 0 aromatic heterocycles. The lowest BCUT2D eigenvalue weighted by atomic mass is 10.1. The smallest absolute Gasteiger partial charge is 0.328 e. The first-order valence-electron chi connectivity index (χ1n) is 9.13. The molecule has 0 spiro atoms. The highest BCUT2D eigenvalue weighted by atomic mass is 79.9. The molecule has 4 amide bonds. The highest BCUT2D eigenvalue weighted by molar-refractivity contribution is 9.10. The van der Waals surface area contributed by atoms with Crippen LogP contribution in [0.2, 0.25) is 0 Å². The Morgan fingerprint density at radius 1 is 1.17 bits per heavy atom. The number of amides is 4. The number of hydrogen-bond acceptors (Lipinski definition) is 5. The van der Waals surface area contributed by atoms with E-state index in [1.54, 1.807) is 30.3 Å². The molecule has 1 heterocycles. The fourth-order valence-corrected chi connectivity index (χ4v) is 3.12. The molecular formula is C21H20BrN3O5. The van der Waals surface area contributed by atoms with E-state index in [4.69, 9.17) is 9.47 Å². The number of para-hydroxylation sites is 1. The number of halogens is 1. The van der Waals surface area contributed by atoms with Gasteiger partial charge in [-0.05, 0) is 42.8 Å². The Bertz CT molecular complexity index is 1010. The molecular weight excluding hydrogens is 454 g/mol. The van der Waals surface area contributed by atoms with Crippen molar-refractivity contribution < 1.29 is 23.9 Å². The van der Waals surface area contributed by atoms with Gasteiger partial charge in [-0.1, -0.05) is 34.1 Å². The average Bonchev–Trinajstić information content (AvgIpc) is 2.96. The second-order valence-corrected chi connectivity index (χ2v) is 7.16. The summed E-state index contributed by atoms with van der Waals surface area (Å²) in [6.07, 6.45) is 1.54.